The molecule has 0 bridgehead atoms. The van der Waals surface area contributed by atoms with Gasteiger partial charge in [-0.05, 0) is 58.2 Å². The van der Waals surface area contributed by atoms with E-state index >= 15 is 0 Å². The molecule has 0 saturated carbocycles. The summed E-state index contributed by atoms with van der Waals surface area (Å²) in [5.41, 5.74) is 4.02. The summed E-state index contributed by atoms with van der Waals surface area (Å²) in [6.45, 7) is 4.93. The Morgan fingerprint density at radius 1 is 0.644 bits per heavy atom. The van der Waals surface area contributed by atoms with Crippen LogP contribution >= 0.6 is 33.6 Å². The minimum atomic E-state index is 0.189. The van der Waals surface area contributed by atoms with Gasteiger partial charge in [0.15, 0.2) is 31.3 Å². The van der Waals surface area contributed by atoms with E-state index in [-0.39, 0.29) is 11.5 Å². The van der Waals surface area contributed by atoms with Gasteiger partial charge in [0, 0.05) is 53.8 Å². The lowest BCUT2D eigenvalue weighted by molar-refractivity contribution is -0.692. The number of phenols is 2. The molecule has 45 heavy (non-hydrogen) atoms. The van der Waals surface area contributed by atoms with Crippen LogP contribution in [0.25, 0.3) is 24.3 Å². The number of aryl methyl sites for hydroxylation is 1. The molecule has 7 nitrogen and oxygen atoms in total. The monoisotopic (exact) mass is 668 g/mol. The SMILES string of the molecule is CC.COSC.COc1cc(O)ccc1/C=C/c1cc[n+](CCSSC[n+]2ccc(/C=C/c3ccc(O)cc3OC)cc2)cc1. The number of nitrogens with zero attached hydrogens (tertiary/aromatic N) is 2. The van der Waals surface area contributed by atoms with Gasteiger partial charge in [-0.1, -0.05) is 48.9 Å². The molecule has 0 unspecified atom stereocenters. The number of methoxy groups -OCH3 is 2. The molecule has 0 radical (unpaired) electrons. The fraction of sp³-hybridized carbons (Fsp3) is 0.257. The van der Waals surface area contributed by atoms with E-state index in [1.807, 2.05) is 78.1 Å². The Morgan fingerprint density at radius 3 is 1.51 bits per heavy atom. The molecule has 0 fully saturated rings. The number of hydrogen-bond donors (Lipinski definition) is 2. The van der Waals surface area contributed by atoms with E-state index in [2.05, 4.69) is 62.4 Å². The van der Waals surface area contributed by atoms with Crippen LogP contribution in [0.2, 0.25) is 0 Å². The molecule has 2 N–H and O–H groups in total. The topological polar surface area (TPSA) is 75.9 Å². The molecule has 2 aromatic heterocycles. The zero-order chi connectivity index (χ0) is 32.9. The van der Waals surface area contributed by atoms with Crippen LogP contribution in [0.1, 0.15) is 36.1 Å². The van der Waals surface area contributed by atoms with Crippen LogP contribution in [-0.2, 0) is 16.6 Å². The maximum Gasteiger partial charge on any atom is 0.204 e. The maximum atomic E-state index is 9.61. The first-order valence-corrected chi connectivity index (χ1v) is 18.0. The van der Waals surface area contributed by atoms with Gasteiger partial charge >= 0.3 is 0 Å². The second-order valence-corrected chi connectivity index (χ2v) is 12.2. The van der Waals surface area contributed by atoms with Crippen LogP contribution in [0.3, 0.4) is 0 Å². The number of pyridine rings is 2. The number of hydrogen-bond acceptors (Lipinski definition) is 8. The Hall–Kier alpha value is -3.57. The number of rotatable bonds is 13. The molecule has 10 heteroatoms. The molecular formula is C35H44N2O5S3+2. The lowest BCUT2D eigenvalue weighted by atomic mass is 10.1. The van der Waals surface area contributed by atoms with Crippen LogP contribution in [0.15, 0.2) is 85.5 Å². The summed E-state index contributed by atoms with van der Waals surface area (Å²) in [6.07, 6.45) is 18.2. The van der Waals surface area contributed by atoms with Crippen molar-refractivity contribution in [2.24, 2.45) is 0 Å². The molecule has 0 aliphatic carbocycles. The first kappa shape index (κ1) is 37.6. The van der Waals surface area contributed by atoms with E-state index in [9.17, 15) is 10.2 Å². The molecule has 0 aliphatic heterocycles. The van der Waals surface area contributed by atoms with Gasteiger partial charge < -0.3 is 23.9 Å². The van der Waals surface area contributed by atoms with Crippen molar-refractivity contribution in [3.8, 4) is 23.0 Å². The third kappa shape index (κ3) is 13.9. The Kier molecular flexibility index (Phi) is 18.4. The van der Waals surface area contributed by atoms with Gasteiger partial charge in [0.05, 0.1) is 27.1 Å². The van der Waals surface area contributed by atoms with E-state index in [1.165, 1.54) is 12.0 Å². The molecule has 2 heterocycles. The number of aromatic hydroxyl groups is 2. The quantitative estimate of drug-likeness (QED) is 0.0643. The molecule has 2 aromatic carbocycles. The van der Waals surface area contributed by atoms with Crippen LogP contribution in [0.5, 0.6) is 23.0 Å². The summed E-state index contributed by atoms with van der Waals surface area (Å²) in [5.74, 6) is 3.54. The van der Waals surface area contributed by atoms with E-state index < -0.39 is 0 Å². The van der Waals surface area contributed by atoms with Crippen LogP contribution in [0, 0.1) is 0 Å². The standard InChI is InChI=1S/C31H30N2O4S2.C2H6OS.C2H6/c1-36-30-21-28(34)9-7-26(30)5-3-24-11-15-32(16-12-24)19-20-38-39-23-33-17-13-25(14-18-33)4-6-27-8-10-29(35)22-31(27)37-2;1-3-4-2;1-2/h3-18,21-22H,19-20,23H2,1-2H3;1-2H3;1-2H3/p+2. The number of benzene rings is 2. The second kappa shape index (κ2) is 22.0. The molecular weight excluding hydrogens is 625 g/mol. The maximum absolute atomic E-state index is 9.61. The van der Waals surface area contributed by atoms with Gasteiger partial charge in [-0.3, -0.25) is 0 Å². The predicted molar refractivity (Wildman–Crippen MR) is 192 cm³/mol. The fourth-order valence-electron chi connectivity index (χ4n) is 3.74. The largest absolute Gasteiger partial charge is 0.508 e. The van der Waals surface area contributed by atoms with Crippen molar-refractivity contribution < 1.29 is 33.0 Å². The van der Waals surface area contributed by atoms with E-state index in [0.717, 1.165) is 40.4 Å². The van der Waals surface area contributed by atoms with Gasteiger partial charge in [-0.15, -0.1) is 0 Å². The predicted octanol–water partition coefficient (Wildman–Crippen LogP) is 8.01. The molecule has 0 aliphatic rings. The third-order valence-electron chi connectivity index (χ3n) is 6.06. The van der Waals surface area contributed by atoms with Crippen molar-refractivity contribution in [2.45, 2.75) is 26.3 Å². The van der Waals surface area contributed by atoms with Crippen molar-refractivity contribution in [2.75, 3.05) is 33.3 Å². The van der Waals surface area contributed by atoms with Crippen molar-refractivity contribution in [1.29, 1.82) is 0 Å². The Bertz CT molecular complexity index is 1350. The Morgan fingerprint density at radius 2 is 1.09 bits per heavy atom. The minimum absolute atomic E-state index is 0.189. The summed E-state index contributed by atoms with van der Waals surface area (Å²) in [7, 11) is 8.52. The van der Waals surface area contributed by atoms with Crippen LogP contribution < -0.4 is 18.6 Å². The third-order valence-corrected chi connectivity index (χ3v) is 8.63. The highest BCUT2D eigenvalue weighted by Crippen LogP contribution is 2.26. The smallest absolute Gasteiger partial charge is 0.204 e. The van der Waals surface area contributed by atoms with Gasteiger partial charge in [0.1, 0.15) is 23.0 Å². The average molecular weight is 669 g/mol. The van der Waals surface area contributed by atoms with Crippen molar-refractivity contribution in [3.05, 3.63) is 108 Å². The van der Waals surface area contributed by atoms with Gasteiger partial charge in [-0.25, -0.2) is 4.57 Å². The van der Waals surface area contributed by atoms with Gasteiger partial charge in [0.2, 0.25) is 5.88 Å². The summed E-state index contributed by atoms with van der Waals surface area (Å²) >= 11 is 1.36. The number of aromatic nitrogens is 2. The molecule has 0 saturated heterocycles. The highest BCUT2D eigenvalue weighted by Gasteiger charge is 2.06. The second-order valence-electron chi connectivity index (χ2n) is 8.94. The normalized spacial score (nSPS) is 10.6. The zero-order valence-electron chi connectivity index (χ0n) is 26.8. The summed E-state index contributed by atoms with van der Waals surface area (Å²) in [5, 5.41) is 19.2. The van der Waals surface area contributed by atoms with Crippen molar-refractivity contribution in [1.82, 2.24) is 0 Å². The average Bonchev–Trinajstić information content (AvgIpc) is 3.09. The molecule has 0 atom stereocenters. The lowest BCUT2D eigenvalue weighted by Gasteiger charge is -2.05. The summed E-state index contributed by atoms with van der Waals surface area (Å²) in [4.78, 5) is 0. The summed E-state index contributed by atoms with van der Waals surface area (Å²) in [6, 6.07) is 18.5. The van der Waals surface area contributed by atoms with Crippen molar-refractivity contribution in [3.63, 3.8) is 0 Å². The van der Waals surface area contributed by atoms with Crippen molar-refractivity contribution >= 4 is 57.9 Å². The molecule has 240 valence electrons. The molecule has 0 amide bonds. The highest BCUT2D eigenvalue weighted by atomic mass is 33.1. The van der Waals surface area contributed by atoms with E-state index in [0.29, 0.717) is 11.5 Å². The highest BCUT2D eigenvalue weighted by molar-refractivity contribution is 8.76. The van der Waals surface area contributed by atoms with E-state index in [4.69, 9.17) is 9.47 Å². The molecule has 0 spiro atoms. The summed E-state index contributed by atoms with van der Waals surface area (Å²) < 4.78 is 19.5. The van der Waals surface area contributed by atoms with E-state index in [1.54, 1.807) is 45.6 Å². The van der Waals surface area contributed by atoms with Crippen LogP contribution in [0.4, 0.5) is 0 Å². The first-order valence-electron chi connectivity index (χ1n) is 14.3. The van der Waals surface area contributed by atoms with Gasteiger partial charge in [0.25, 0.3) is 0 Å². The fourth-order valence-corrected chi connectivity index (χ4v) is 5.68. The molecule has 4 rings (SSSR count). The Labute approximate surface area is 280 Å². The Balaban J connectivity index is 0.00000109. The first-order chi connectivity index (χ1) is 21.9. The minimum Gasteiger partial charge on any atom is -0.508 e. The lowest BCUT2D eigenvalue weighted by Crippen LogP contribution is -2.34. The zero-order valence-corrected chi connectivity index (χ0v) is 29.2. The van der Waals surface area contributed by atoms with Gasteiger partial charge in [-0.2, -0.15) is 4.57 Å². The number of phenolic OH excluding ortho intramolecular Hbond substituents is 2. The van der Waals surface area contributed by atoms with Crippen LogP contribution in [-0.4, -0.2) is 43.6 Å². The number of ether oxygens (including phenoxy) is 2. The molecule has 4 aromatic rings.